The normalized spacial score (nSPS) is 10.4. The van der Waals surface area contributed by atoms with Crippen LogP contribution in [0.5, 0.6) is 5.75 Å². The zero-order valence-corrected chi connectivity index (χ0v) is 16.7. The fourth-order valence-corrected chi connectivity index (χ4v) is 3.03. The molecule has 0 bridgehead atoms. The van der Waals surface area contributed by atoms with Crippen LogP contribution in [0.4, 0.5) is 0 Å². The fraction of sp³-hybridized carbons (Fsp3) is 0.250. The summed E-state index contributed by atoms with van der Waals surface area (Å²) in [7, 11) is 0. The molecule has 0 saturated heterocycles. The van der Waals surface area contributed by atoms with E-state index >= 15 is 0 Å². The molecule has 0 unspecified atom stereocenters. The van der Waals surface area contributed by atoms with Crippen molar-refractivity contribution in [2.75, 3.05) is 0 Å². The molecular formula is C24H23N3O2. The van der Waals surface area contributed by atoms with Gasteiger partial charge in [0.05, 0.1) is 11.1 Å². The molecule has 3 aromatic rings. The van der Waals surface area contributed by atoms with Crippen LogP contribution in [0.15, 0.2) is 54.9 Å². The van der Waals surface area contributed by atoms with E-state index in [1.54, 1.807) is 36.4 Å². The minimum Gasteiger partial charge on any atom is -0.422 e. The summed E-state index contributed by atoms with van der Waals surface area (Å²) in [6.07, 6.45) is 7.54. The Balaban J connectivity index is 1.73. The van der Waals surface area contributed by atoms with E-state index in [2.05, 4.69) is 29.9 Å². The lowest BCUT2D eigenvalue weighted by Gasteiger charge is -2.08. The van der Waals surface area contributed by atoms with Crippen molar-refractivity contribution in [1.29, 1.82) is 5.26 Å². The van der Waals surface area contributed by atoms with Crippen LogP contribution in [0.2, 0.25) is 0 Å². The Kier molecular flexibility index (Phi) is 6.70. The van der Waals surface area contributed by atoms with Crippen LogP contribution in [0.1, 0.15) is 53.7 Å². The molecule has 1 heterocycles. The highest BCUT2D eigenvalue weighted by Gasteiger charge is 2.13. The number of carbonyl (C=O) groups excluding carboxylic acids is 1. The summed E-state index contributed by atoms with van der Waals surface area (Å²) >= 11 is 0. The predicted molar refractivity (Wildman–Crippen MR) is 112 cm³/mol. The van der Waals surface area contributed by atoms with E-state index in [9.17, 15) is 10.1 Å². The monoisotopic (exact) mass is 385 g/mol. The molecule has 146 valence electrons. The second-order valence-electron chi connectivity index (χ2n) is 6.82. The molecule has 5 nitrogen and oxygen atoms in total. The topological polar surface area (TPSA) is 75.9 Å². The maximum atomic E-state index is 12.5. The number of nitrogens with zero attached hydrogens (tertiary/aromatic N) is 3. The molecule has 5 heteroatoms. The molecule has 0 aliphatic heterocycles. The van der Waals surface area contributed by atoms with Gasteiger partial charge in [0.15, 0.2) is 5.82 Å². The summed E-state index contributed by atoms with van der Waals surface area (Å²) in [5, 5.41) is 9.35. The predicted octanol–water partition coefficient (Wildman–Crippen LogP) is 5.14. The summed E-state index contributed by atoms with van der Waals surface area (Å²) in [4.78, 5) is 21.3. The van der Waals surface area contributed by atoms with E-state index in [0.717, 1.165) is 42.4 Å². The Bertz CT molecular complexity index is 1020. The van der Waals surface area contributed by atoms with Crippen LogP contribution in [0.3, 0.4) is 0 Å². The highest BCUT2D eigenvalue weighted by molar-refractivity contribution is 5.91. The van der Waals surface area contributed by atoms with Gasteiger partial charge in [0.1, 0.15) is 11.8 Å². The molecule has 0 spiro atoms. The van der Waals surface area contributed by atoms with E-state index in [-0.39, 0.29) is 5.75 Å². The maximum Gasteiger partial charge on any atom is 0.343 e. The van der Waals surface area contributed by atoms with Crippen LogP contribution < -0.4 is 4.74 Å². The van der Waals surface area contributed by atoms with Gasteiger partial charge in [-0.3, -0.25) is 0 Å². The molecule has 0 fully saturated rings. The van der Waals surface area contributed by atoms with Gasteiger partial charge in [0, 0.05) is 18.0 Å². The zero-order valence-electron chi connectivity index (χ0n) is 16.7. The number of benzene rings is 2. The summed E-state index contributed by atoms with van der Waals surface area (Å²) in [6.45, 7) is 4.19. The highest BCUT2D eigenvalue weighted by atomic mass is 16.5. The molecule has 0 atom stereocenters. The smallest absolute Gasteiger partial charge is 0.343 e. The van der Waals surface area contributed by atoms with E-state index in [1.807, 2.05) is 18.5 Å². The SMILES string of the molecule is CCCc1cnc(-c2ccc(C(=O)Oc3ccc(CCC)cc3C#N)cc2)nc1. The molecule has 0 N–H and O–H groups in total. The van der Waals surface area contributed by atoms with Gasteiger partial charge < -0.3 is 4.74 Å². The van der Waals surface area contributed by atoms with E-state index < -0.39 is 5.97 Å². The van der Waals surface area contributed by atoms with Gasteiger partial charge in [-0.25, -0.2) is 14.8 Å². The average molecular weight is 385 g/mol. The van der Waals surface area contributed by atoms with Crippen molar-refractivity contribution in [3.63, 3.8) is 0 Å². The van der Waals surface area contributed by atoms with Crippen molar-refractivity contribution in [1.82, 2.24) is 9.97 Å². The van der Waals surface area contributed by atoms with E-state index in [0.29, 0.717) is 17.0 Å². The second kappa shape index (κ2) is 9.61. The van der Waals surface area contributed by atoms with Crippen molar-refractivity contribution in [3.05, 3.63) is 77.1 Å². The van der Waals surface area contributed by atoms with Gasteiger partial charge in [0.2, 0.25) is 0 Å². The first-order chi connectivity index (χ1) is 14.1. The summed E-state index contributed by atoms with van der Waals surface area (Å²) < 4.78 is 5.45. The molecule has 2 aromatic carbocycles. The van der Waals surface area contributed by atoms with Gasteiger partial charge in [-0.15, -0.1) is 0 Å². The minimum absolute atomic E-state index is 0.274. The molecule has 0 amide bonds. The zero-order chi connectivity index (χ0) is 20.6. The van der Waals surface area contributed by atoms with Crippen LogP contribution in [0, 0.1) is 11.3 Å². The van der Waals surface area contributed by atoms with Crippen molar-refractivity contribution in [2.45, 2.75) is 39.5 Å². The second-order valence-corrected chi connectivity index (χ2v) is 6.82. The van der Waals surface area contributed by atoms with Crippen molar-refractivity contribution < 1.29 is 9.53 Å². The van der Waals surface area contributed by atoms with Crippen molar-refractivity contribution in [2.24, 2.45) is 0 Å². The summed E-state index contributed by atoms with van der Waals surface area (Å²) in [5.41, 5.74) is 3.75. The number of hydrogen-bond acceptors (Lipinski definition) is 5. The van der Waals surface area contributed by atoms with Gasteiger partial charge in [-0.1, -0.05) is 44.9 Å². The number of carbonyl (C=O) groups is 1. The third-order valence-electron chi connectivity index (χ3n) is 4.53. The van der Waals surface area contributed by atoms with Gasteiger partial charge in [-0.05, 0) is 48.2 Å². The van der Waals surface area contributed by atoms with Crippen molar-refractivity contribution in [3.8, 4) is 23.2 Å². The van der Waals surface area contributed by atoms with Crippen LogP contribution in [0.25, 0.3) is 11.4 Å². The van der Waals surface area contributed by atoms with Crippen LogP contribution in [-0.2, 0) is 12.8 Å². The molecular weight excluding hydrogens is 362 g/mol. The van der Waals surface area contributed by atoms with Crippen molar-refractivity contribution >= 4 is 5.97 Å². The third-order valence-corrected chi connectivity index (χ3v) is 4.53. The van der Waals surface area contributed by atoms with Crippen LogP contribution >= 0.6 is 0 Å². The summed E-state index contributed by atoms with van der Waals surface area (Å²) in [6, 6.07) is 14.4. The highest BCUT2D eigenvalue weighted by Crippen LogP contribution is 2.22. The largest absolute Gasteiger partial charge is 0.422 e. The fourth-order valence-electron chi connectivity index (χ4n) is 3.03. The molecule has 29 heavy (non-hydrogen) atoms. The molecule has 0 saturated carbocycles. The lowest BCUT2D eigenvalue weighted by atomic mass is 10.1. The minimum atomic E-state index is -0.504. The third kappa shape index (κ3) is 5.05. The van der Waals surface area contributed by atoms with Gasteiger partial charge in [-0.2, -0.15) is 5.26 Å². The Labute approximate surface area is 171 Å². The number of hydrogen-bond donors (Lipinski definition) is 0. The number of esters is 1. The first-order valence-electron chi connectivity index (χ1n) is 9.81. The Morgan fingerprint density at radius 1 is 0.966 bits per heavy atom. The Morgan fingerprint density at radius 3 is 2.24 bits per heavy atom. The van der Waals surface area contributed by atoms with E-state index in [1.165, 1.54) is 0 Å². The molecule has 1 aromatic heterocycles. The molecule has 0 radical (unpaired) electrons. The number of ether oxygens (including phenoxy) is 1. The molecule has 3 rings (SSSR count). The number of nitriles is 1. The van der Waals surface area contributed by atoms with Gasteiger partial charge >= 0.3 is 5.97 Å². The van der Waals surface area contributed by atoms with Gasteiger partial charge in [0.25, 0.3) is 0 Å². The number of rotatable bonds is 7. The first kappa shape index (κ1) is 20.2. The quantitative estimate of drug-likeness (QED) is 0.416. The van der Waals surface area contributed by atoms with E-state index in [4.69, 9.17) is 4.74 Å². The molecule has 0 aliphatic rings. The lowest BCUT2D eigenvalue weighted by Crippen LogP contribution is -2.09. The Morgan fingerprint density at radius 2 is 1.62 bits per heavy atom. The Hall–Kier alpha value is -3.52. The van der Waals surface area contributed by atoms with Crippen LogP contribution in [-0.4, -0.2) is 15.9 Å². The number of aromatic nitrogens is 2. The summed E-state index contributed by atoms with van der Waals surface area (Å²) in [5.74, 6) is 0.384. The average Bonchev–Trinajstić information content (AvgIpc) is 2.76. The number of aryl methyl sites for hydroxylation is 2. The standard InChI is InChI=1S/C24H23N3O2/c1-3-5-17-7-12-22(21(13-17)14-25)29-24(28)20-10-8-19(9-11-20)23-26-15-18(6-4-2)16-27-23/h7-13,15-16H,3-6H2,1-2H3. The molecule has 0 aliphatic carbocycles. The lowest BCUT2D eigenvalue weighted by molar-refractivity contribution is 0.0734. The first-order valence-corrected chi connectivity index (χ1v) is 9.81. The maximum absolute atomic E-state index is 12.5.